The molecule has 0 saturated heterocycles. The van der Waals surface area contributed by atoms with E-state index in [1.807, 2.05) is 12.1 Å². The Balaban J connectivity index is 2.82. The maximum absolute atomic E-state index is 6.25. The third kappa shape index (κ3) is 5.29. The highest BCUT2D eigenvalue weighted by atomic mass is 35.5. The Labute approximate surface area is 121 Å². The number of hydrogen-bond acceptors (Lipinski definition) is 3. The van der Waals surface area contributed by atoms with Crippen LogP contribution < -0.4 is 15.2 Å². The van der Waals surface area contributed by atoms with Crippen molar-refractivity contribution >= 4 is 11.6 Å². The van der Waals surface area contributed by atoms with Crippen molar-refractivity contribution in [1.82, 2.24) is 0 Å². The molecule has 0 unspecified atom stereocenters. The molecule has 0 aromatic heterocycles. The lowest BCUT2D eigenvalue weighted by Gasteiger charge is -2.19. The zero-order valence-electron chi connectivity index (χ0n) is 12.3. The average Bonchev–Trinajstić information content (AvgIpc) is 2.30. The maximum Gasteiger partial charge on any atom is 0.179 e. The van der Waals surface area contributed by atoms with Gasteiger partial charge in [-0.2, -0.15) is 0 Å². The molecule has 4 heteroatoms. The standard InChI is InChI=1S/C15H24ClNO2/c1-15(2,3)6-8-19-14-12(16)9-11(5-7-17)10-13(14)18-4/h9-10H,5-8,17H2,1-4H3. The fraction of sp³-hybridized carbons (Fsp3) is 0.600. The number of hydrogen-bond donors (Lipinski definition) is 1. The summed E-state index contributed by atoms with van der Waals surface area (Å²) < 4.78 is 11.1. The summed E-state index contributed by atoms with van der Waals surface area (Å²) in [7, 11) is 1.62. The summed E-state index contributed by atoms with van der Waals surface area (Å²) in [6, 6.07) is 3.83. The second kappa shape index (κ2) is 7.01. The van der Waals surface area contributed by atoms with Crippen molar-refractivity contribution in [3.63, 3.8) is 0 Å². The molecule has 0 heterocycles. The normalized spacial score (nSPS) is 11.5. The summed E-state index contributed by atoms with van der Waals surface area (Å²) in [6.45, 7) is 7.75. The predicted octanol–water partition coefficient (Wildman–Crippen LogP) is 3.66. The van der Waals surface area contributed by atoms with E-state index in [0.717, 1.165) is 18.4 Å². The van der Waals surface area contributed by atoms with Crippen LogP contribution in [0.5, 0.6) is 11.5 Å². The molecule has 1 aromatic rings. The molecule has 0 bridgehead atoms. The zero-order valence-corrected chi connectivity index (χ0v) is 13.0. The minimum atomic E-state index is 0.235. The van der Waals surface area contributed by atoms with E-state index in [9.17, 15) is 0 Å². The van der Waals surface area contributed by atoms with Crippen molar-refractivity contribution in [2.75, 3.05) is 20.3 Å². The lowest BCUT2D eigenvalue weighted by atomic mass is 9.93. The van der Waals surface area contributed by atoms with Crippen LogP contribution in [0.2, 0.25) is 5.02 Å². The number of halogens is 1. The van der Waals surface area contributed by atoms with Gasteiger partial charge in [0.05, 0.1) is 18.7 Å². The first-order chi connectivity index (χ1) is 8.87. The second-order valence-electron chi connectivity index (χ2n) is 5.81. The highest BCUT2D eigenvalue weighted by Gasteiger charge is 2.14. The first-order valence-electron chi connectivity index (χ1n) is 6.56. The molecule has 1 aromatic carbocycles. The van der Waals surface area contributed by atoms with Crippen molar-refractivity contribution in [1.29, 1.82) is 0 Å². The van der Waals surface area contributed by atoms with Gasteiger partial charge < -0.3 is 15.2 Å². The van der Waals surface area contributed by atoms with Crippen molar-refractivity contribution in [2.45, 2.75) is 33.6 Å². The molecule has 0 amide bonds. The predicted molar refractivity (Wildman–Crippen MR) is 80.3 cm³/mol. The summed E-state index contributed by atoms with van der Waals surface area (Å²) in [6.07, 6.45) is 1.73. The van der Waals surface area contributed by atoms with Gasteiger partial charge >= 0.3 is 0 Å². The van der Waals surface area contributed by atoms with Crippen LogP contribution in [0, 0.1) is 5.41 Å². The van der Waals surface area contributed by atoms with Crippen molar-refractivity contribution in [3.8, 4) is 11.5 Å². The van der Waals surface area contributed by atoms with Crippen LogP contribution in [0.25, 0.3) is 0 Å². The van der Waals surface area contributed by atoms with E-state index in [-0.39, 0.29) is 5.41 Å². The highest BCUT2D eigenvalue weighted by molar-refractivity contribution is 6.32. The van der Waals surface area contributed by atoms with Crippen LogP contribution >= 0.6 is 11.6 Å². The summed E-state index contributed by atoms with van der Waals surface area (Å²) in [5.41, 5.74) is 6.85. The van der Waals surface area contributed by atoms with Crippen LogP contribution in [-0.2, 0) is 6.42 Å². The lowest BCUT2D eigenvalue weighted by molar-refractivity contribution is 0.234. The largest absolute Gasteiger partial charge is 0.493 e. The molecule has 0 saturated carbocycles. The molecule has 0 spiro atoms. The summed E-state index contributed by atoms with van der Waals surface area (Å²) in [5, 5.41) is 0.580. The quantitative estimate of drug-likeness (QED) is 0.867. The fourth-order valence-corrected chi connectivity index (χ4v) is 1.97. The Morgan fingerprint density at radius 3 is 2.47 bits per heavy atom. The molecule has 2 N–H and O–H groups in total. The van der Waals surface area contributed by atoms with Crippen LogP contribution in [0.15, 0.2) is 12.1 Å². The van der Waals surface area contributed by atoms with E-state index in [2.05, 4.69) is 20.8 Å². The van der Waals surface area contributed by atoms with Gasteiger partial charge in [0.1, 0.15) is 0 Å². The summed E-state index contributed by atoms with van der Waals surface area (Å²) in [5.74, 6) is 1.29. The van der Waals surface area contributed by atoms with Gasteiger partial charge in [-0.25, -0.2) is 0 Å². The number of nitrogens with two attached hydrogens (primary N) is 1. The monoisotopic (exact) mass is 285 g/mol. The summed E-state index contributed by atoms with van der Waals surface area (Å²) in [4.78, 5) is 0. The van der Waals surface area contributed by atoms with Gasteiger partial charge in [-0.1, -0.05) is 32.4 Å². The Morgan fingerprint density at radius 2 is 1.95 bits per heavy atom. The first-order valence-corrected chi connectivity index (χ1v) is 6.94. The van der Waals surface area contributed by atoms with Gasteiger partial charge in [-0.3, -0.25) is 0 Å². The first kappa shape index (κ1) is 16.1. The lowest BCUT2D eigenvalue weighted by Crippen LogP contribution is -2.12. The Morgan fingerprint density at radius 1 is 1.26 bits per heavy atom. The van der Waals surface area contributed by atoms with Crippen LogP contribution in [-0.4, -0.2) is 20.3 Å². The van der Waals surface area contributed by atoms with E-state index >= 15 is 0 Å². The van der Waals surface area contributed by atoms with Crippen molar-refractivity contribution < 1.29 is 9.47 Å². The molecule has 0 aliphatic rings. The smallest absolute Gasteiger partial charge is 0.179 e. The van der Waals surface area contributed by atoms with E-state index in [0.29, 0.717) is 29.7 Å². The molecule has 0 aliphatic heterocycles. The zero-order chi connectivity index (χ0) is 14.5. The van der Waals surface area contributed by atoms with Crippen LogP contribution in [0.1, 0.15) is 32.8 Å². The second-order valence-corrected chi connectivity index (χ2v) is 6.21. The molecule has 0 radical (unpaired) electrons. The van der Waals surface area contributed by atoms with Crippen LogP contribution in [0.3, 0.4) is 0 Å². The Bertz CT molecular complexity index is 413. The van der Waals surface area contributed by atoms with Gasteiger partial charge in [0, 0.05) is 0 Å². The van der Waals surface area contributed by atoms with Crippen LogP contribution in [0.4, 0.5) is 0 Å². The number of ether oxygens (including phenoxy) is 2. The molecule has 108 valence electrons. The molecule has 3 nitrogen and oxygen atoms in total. The van der Waals surface area contributed by atoms with Gasteiger partial charge in [0.25, 0.3) is 0 Å². The number of benzene rings is 1. The summed E-state index contributed by atoms with van der Waals surface area (Å²) >= 11 is 6.25. The molecule has 0 aliphatic carbocycles. The van der Waals surface area contributed by atoms with E-state index in [1.165, 1.54) is 0 Å². The molecule has 1 rings (SSSR count). The fourth-order valence-electron chi connectivity index (χ4n) is 1.68. The third-order valence-electron chi connectivity index (χ3n) is 2.82. The maximum atomic E-state index is 6.25. The van der Waals surface area contributed by atoms with Crippen molar-refractivity contribution in [3.05, 3.63) is 22.7 Å². The molecule has 0 fully saturated rings. The SMILES string of the molecule is COc1cc(CCN)cc(Cl)c1OCCC(C)(C)C. The van der Waals surface area contributed by atoms with E-state index in [4.69, 9.17) is 26.8 Å². The van der Waals surface area contributed by atoms with E-state index < -0.39 is 0 Å². The Kier molecular flexibility index (Phi) is 5.95. The highest BCUT2D eigenvalue weighted by Crippen LogP contribution is 2.37. The van der Waals surface area contributed by atoms with Gasteiger partial charge in [0.15, 0.2) is 11.5 Å². The van der Waals surface area contributed by atoms with Crippen molar-refractivity contribution in [2.24, 2.45) is 11.1 Å². The average molecular weight is 286 g/mol. The van der Waals surface area contributed by atoms with E-state index in [1.54, 1.807) is 7.11 Å². The molecule has 0 atom stereocenters. The third-order valence-corrected chi connectivity index (χ3v) is 3.10. The van der Waals surface area contributed by atoms with Gasteiger partial charge in [-0.05, 0) is 42.5 Å². The number of methoxy groups -OCH3 is 1. The molecule has 19 heavy (non-hydrogen) atoms. The topological polar surface area (TPSA) is 44.5 Å². The number of rotatable bonds is 6. The Hall–Kier alpha value is -0.930. The van der Waals surface area contributed by atoms with Gasteiger partial charge in [0.2, 0.25) is 0 Å². The molecular weight excluding hydrogens is 262 g/mol. The van der Waals surface area contributed by atoms with Gasteiger partial charge in [-0.15, -0.1) is 0 Å². The minimum absolute atomic E-state index is 0.235. The minimum Gasteiger partial charge on any atom is -0.493 e. The molecular formula is C15H24ClNO2.